The highest BCUT2D eigenvalue weighted by Crippen LogP contribution is 2.35. The normalized spacial score (nSPS) is 21.8. The lowest BCUT2D eigenvalue weighted by atomic mass is 10.1. The molecule has 13 heteroatoms. The Morgan fingerprint density at radius 1 is 0.857 bits per heavy atom. The van der Waals surface area contributed by atoms with Crippen molar-refractivity contribution in [1.29, 1.82) is 0 Å². The standard InChI is InChI=1S/C36H40BrClN6O3S2/c37-22-11-20-13-30(43-33(20)28(15-22)39-24-3-1-2-4-24)36-42-27(19-49-36)17-32(45)47-10-7-26-18-48-35(41-26)31-14-21-12-23(38)16-29(34(21)44-31)40-25-5-8-46-9-6-25/h11-16,24-27,39-40,43-44H,1-10,17-19H2. The number of H-pyrrole nitrogens is 2. The molecule has 5 heterocycles. The maximum Gasteiger partial charge on any atom is 0.307 e. The Morgan fingerprint density at radius 2 is 1.47 bits per heavy atom. The first-order valence-electron chi connectivity index (χ1n) is 17.3. The largest absolute Gasteiger partial charge is 0.466 e. The Labute approximate surface area is 307 Å². The molecule has 9 nitrogen and oxygen atoms in total. The first-order valence-corrected chi connectivity index (χ1v) is 20.4. The summed E-state index contributed by atoms with van der Waals surface area (Å²) in [5.74, 6) is 1.43. The maximum absolute atomic E-state index is 12.8. The van der Waals surface area contributed by atoms with Gasteiger partial charge in [-0.25, -0.2) is 0 Å². The molecule has 1 saturated carbocycles. The smallest absolute Gasteiger partial charge is 0.307 e. The number of fused-ring (bicyclic) bond motifs is 2. The predicted octanol–water partition coefficient (Wildman–Crippen LogP) is 8.76. The topological polar surface area (TPSA) is 116 Å². The van der Waals surface area contributed by atoms with Crippen molar-refractivity contribution in [3.05, 3.63) is 57.3 Å². The molecule has 2 atom stereocenters. The molecule has 0 spiro atoms. The van der Waals surface area contributed by atoms with Gasteiger partial charge in [-0.1, -0.05) is 40.4 Å². The number of aromatic amines is 2. The highest BCUT2D eigenvalue weighted by molar-refractivity contribution is 9.10. The van der Waals surface area contributed by atoms with E-state index in [1.54, 1.807) is 23.5 Å². The minimum Gasteiger partial charge on any atom is -0.466 e. The summed E-state index contributed by atoms with van der Waals surface area (Å²) in [5.41, 5.74) is 6.28. The SMILES string of the molecule is O=C(CC1CSC(c2cc3cc(Br)cc(NC4CCCC4)c3[nH]2)=N1)OCCC1CSC(c2cc3cc(Cl)cc(NC4CCOCC4)c3[nH]2)=N1. The van der Waals surface area contributed by atoms with Crippen LogP contribution < -0.4 is 10.6 Å². The average molecular weight is 784 g/mol. The number of halogens is 2. The highest BCUT2D eigenvalue weighted by Gasteiger charge is 2.26. The number of nitrogens with one attached hydrogen (secondary N) is 4. The number of carbonyl (C=O) groups excluding carboxylic acids is 1. The molecule has 4 aromatic rings. The number of benzene rings is 2. The number of carbonyl (C=O) groups is 1. The van der Waals surface area contributed by atoms with Crippen LogP contribution in [0, 0.1) is 0 Å². The summed E-state index contributed by atoms with van der Waals surface area (Å²) in [6.45, 7) is 1.91. The maximum atomic E-state index is 12.8. The molecule has 8 rings (SSSR count). The summed E-state index contributed by atoms with van der Waals surface area (Å²) in [6, 6.07) is 13.5. The lowest BCUT2D eigenvalue weighted by Gasteiger charge is -2.24. The molecule has 0 radical (unpaired) electrons. The number of hydrogen-bond acceptors (Lipinski definition) is 9. The van der Waals surface area contributed by atoms with Gasteiger partial charge in [0.15, 0.2) is 0 Å². The van der Waals surface area contributed by atoms with Crippen LogP contribution in [0.4, 0.5) is 11.4 Å². The Morgan fingerprint density at radius 3 is 2.18 bits per heavy atom. The summed E-state index contributed by atoms with van der Waals surface area (Å²) < 4.78 is 12.3. The number of aliphatic imine (C=N–C) groups is 2. The van der Waals surface area contributed by atoms with E-state index in [0.717, 1.165) is 96.7 Å². The van der Waals surface area contributed by atoms with E-state index in [9.17, 15) is 4.79 Å². The van der Waals surface area contributed by atoms with Crippen LogP contribution in [0.15, 0.2) is 50.9 Å². The lowest BCUT2D eigenvalue weighted by molar-refractivity contribution is -0.144. The molecule has 3 aliphatic heterocycles. The van der Waals surface area contributed by atoms with Crippen molar-refractivity contribution in [2.75, 3.05) is 42.0 Å². The molecular weight excluding hydrogens is 744 g/mol. The lowest BCUT2D eigenvalue weighted by Crippen LogP contribution is -2.27. The first kappa shape index (κ1) is 33.5. The number of anilines is 2. The van der Waals surface area contributed by atoms with Crippen molar-refractivity contribution >= 4 is 100 Å². The molecule has 2 fully saturated rings. The minimum absolute atomic E-state index is 0.0882. The Kier molecular flexibility index (Phi) is 10.2. The van der Waals surface area contributed by atoms with Crippen molar-refractivity contribution in [3.63, 3.8) is 0 Å². The molecule has 2 aromatic heterocycles. The van der Waals surface area contributed by atoms with Crippen molar-refractivity contribution in [2.24, 2.45) is 9.98 Å². The van der Waals surface area contributed by atoms with Crippen LogP contribution in [-0.2, 0) is 14.3 Å². The third-order valence-electron chi connectivity index (χ3n) is 9.68. The molecule has 4 aliphatic rings. The summed E-state index contributed by atoms with van der Waals surface area (Å²) in [4.78, 5) is 29.9. The third kappa shape index (κ3) is 7.83. The fourth-order valence-electron chi connectivity index (χ4n) is 7.16. The van der Waals surface area contributed by atoms with Gasteiger partial charge in [-0.15, -0.1) is 23.5 Å². The van der Waals surface area contributed by atoms with Crippen molar-refractivity contribution in [1.82, 2.24) is 9.97 Å². The van der Waals surface area contributed by atoms with Gasteiger partial charge in [0.25, 0.3) is 0 Å². The van der Waals surface area contributed by atoms with Crippen molar-refractivity contribution in [2.45, 2.75) is 75.5 Å². The van der Waals surface area contributed by atoms with E-state index in [-0.39, 0.29) is 24.5 Å². The molecule has 1 saturated heterocycles. The van der Waals surface area contributed by atoms with Gasteiger partial charge in [0.1, 0.15) is 10.1 Å². The van der Waals surface area contributed by atoms with E-state index in [1.807, 2.05) is 12.1 Å². The average Bonchev–Trinajstić information content (AvgIpc) is 3.92. The molecule has 0 bridgehead atoms. The fraction of sp³-hybridized carbons (Fsp3) is 0.472. The van der Waals surface area contributed by atoms with Crippen LogP contribution in [-0.4, -0.2) is 81.5 Å². The summed E-state index contributed by atoms with van der Waals surface area (Å²) in [7, 11) is 0. The second kappa shape index (κ2) is 14.9. The summed E-state index contributed by atoms with van der Waals surface area (Å²) in [6.07, 6.45) is 7.94. The van der Waals surface area contributed by atoms with E-state index >= 15 is 0 Å². The zero-order valence-electron chi connectivity index (χ0n) is 27.2. The zero-order valence-corrected chi connectivity index (χ0v) is 31.1. The summed E-state index contributed by atoms with van der Waals surface area (Å²) >= 11 is 13.6. The number of nitrogens with zero attached hydrogens (tertiary/aromatic N) is 2. The van der Waals surface area contributed by atoms with Crippen LogP contribution in [0.1, 0.15) is 62.8 Å². The van der Waals surface area contributed by atoms with Gasteiger partial charge >= 0.3 is 5.97 Å². The van der Waals surface area contributed by atoms with Gasteiger partial charge < -0.3 is 30.1 Å². The van der Waals surface area contributed by atoms with E-state index < -0.39 is 0 Å². The summed E-state index contributed by atoms with van der Waals surface area (Å²) in [5, 5.41) is 12.3. The molecular formula is C36H40BrClN6O3S2. The molecule has 4 N–H and O–H groups in total. The number of ether oxygens (including phenoxy) is 2. The molecule has 258 valence electrons. The Balaban J connectivity index is 0.845. The molecule has 2 unspecified atom stereocenters. The van der Waals surface area contributed by atoms with Crippen LogP contribution in [0.25, 0.3) is 21.8 Å². The molecule has 49 heavy (non-hydrogen) atoms. The number of aromatic nitrogens is 2. The second-order valence-electron chi connectivity index (χ2n) is 13.4. The van der Waals surface area contributed by atoms with Gasteiger partial charge in [-0.05, 0) is 62.1 Å². The quantitative estimate of drug-likeness (QED) is 0.113. The van der Waals surface area contributed by atoms with Crippen LogP contribution in [0.5, 0.6) is 0 Å². The number of hydrogen-bond donors (Lipinski definition) is 4. The molecule has 2 aromatic carbocycles. The zero-order chi connectivity index (χ0) is 33.3. The van der Waals surface area contributed by atoms with Gasteiger partial charge in [-0.3, -0.25) is 14.8 Å². The molecule has 0 amide bonds. The van der Waals surface area contributed by atoms with Gasteiger partial charge in [-0.2, -0.15) is 0 Å². The monoisotopic (exact) mass is 782 g/mol. The second-order valence-corrected chi connectivity index (χ2v) is 16.7. The van der Waals surface area contributed by atoms with Crippen LogP contribution >= 0.6 is 51.1 Å². The van der Waals surface area contributed by atoms with Gasteiger partial charge in [0.2, 0.25) is 0 Å². The highest BCUT2D eigenvalue weighted by atomic mass is 79.9. The van der Waals surface area contributed by atoms with Gasteiger partial charge in [0.05, 0.1) is 58.9 Å². The van der Waals surface area contributed by atoms with Crippen molar-refractivity contribution < 1.29 is 14.3 Å². The van der Waals surface area contributed by atoms with E-state index in [4.69, 9.17) is 31.1 Å². The predicted molar refractivity (Wildman–Crippen MR) is 208 cm³/mol. The van der Waals surface area contributed by atoms with Crippen LogP contribution in [0.3, 0.4) is 0 Å². The Hall–Kier alpha value is -2.64. The first-order chi connectivity index (χ1) is 23.9. The number of rotatable bonds is 11. The number of thioether (sulfide) groups is 2. The Bertz CT molecular complexity index is 1920. The van der Waals surface area contributed by atoms with E-state index in [2.05, 4.69) is 60.8 Å². The third-order valence-corrected chi connectivity index (χ3v) is 12.7. The van der Waals surface area contributed by atoms with E-state index in [0.29, 0.717) is 30.1 Å². The van der Waals surface area contributed by atoms with Crippen LogP contribution in [0.2, 0.25) is 5.02 Å². The minimum atomic E-state index is -0.203. The number of esters is 1. The molecule has 1 aliphatic carbocycles. The van der Waals surface area contributed by atoms with Gasteiger partial charge in [0, 0.05) is 63.5 Å². The van der Waals surface area contributed by atoms with E-state index in [1.165, 1.54) is 25.7 Å². The fourth-order valence-corrected chi connectivity index (χ4v) is 9.98. The van der Waals surface area contributed by atoms with Crippen molar-refractivity contribution in [3.8, 4) is 0 Å².